The maximum atomic E-state index is 9.25. The van der Waals surface area contributed by atoms with E-state index in [1.54, 1.807) is 0 Å². The Bertz CT molecular complexity index is 242. The Kier molecular flexibility index (Phi) is 4.12. The summed E-state index contributed by atoms with van der Waals surface area (Å²) in [5.74, 6) is 0.976. The summed E-state index contributed by atoms with van der Waals surface area (Å²) in [5, 5.41) is 12.4. The highest BCUT2D eigenvalue weighted by Gasteiger charge is 2.45. The van der Waals surface area contributed by atoms with Crippen LogP contribution in [0.5, 0.6) is 0 Å². The average Bonchev–Trinajstić information content (AvgIpc) is 3.04. The number of nitriles is 1. The van der Waals surface area contributed by atoms with Gasteiger partial charge in [-0.05, 0) is 38.6 Å². The van der Waals surface area contributed by atoms with E-state index in [2.05, 4.69) is 32.2 Å². The van der Waals surface area contributed by atoms with Gasteiger partial charge in [-0.25, -0.2) is 0 Å². The third-order valence-electron chi connectivity index (χ3n) is 3.43. The molecule has 0 spiro atoms. The molecule has 0 aromatic rings. The van der Waals surface area contributed by atoms with Crippen molar-refractivity contribution in [3.8, 4) is 6.07 Å². The quantitative estimate of drug-likeness (QED) is 0.728. The van der Waals surface area contributed by atoms with Gasteiger partial charge in [-0.3, -0.25) is 0 Å². The summed E-state index contributed by atoms with van der Waals surface area (Å²) in [6, 6.07) is 2.39. The molecule has 1 N–H and O–H groups in total. The van der Waals surface area contributed by atoms with Gasteiger partial charge in [0.15, 0.2) is 0 Å². The van der Waals surface area contributed by atoms with Crippen LogP contribution in [0.25, 0.3) is 0 Å². The Labute approximate surface area is 92.8 Å². The number of likely N-dealkylation sites (N-methyl/N-ethyl adjacent to an activating group) is 1. The third-order valence-corrected chi connectivity index (χ3v) is 3.43. The van der Waals surface area contributed by atoms with E-state index in [0.29, 0.717) is 18.4 Å². The maximum Gasteiger partial charge on any atom is 0.132 e. The number of rotatable bonds is 6. The van der Waals surface area contributed by atoms with Gasteiger partial charge in [0.1, 0.15) is 5.54 Å². The highest BCUT2D eigenvalue weighted by molar-refractivity contribution is 5.15. The van der Waals surface area contributed by atoms with Gasteiger partial charge in [-0.1, -0.05) is 13.8 Å². The Morgan fingerprint density at radius 2 is 2.07 bits per heavy atom. The van der Waals surface area contributed by atoms with E-state index < -0.39 is 5.54 Å². The van der Waals surface area contributed by atoms with E-state index in [1.165, 1.54) is 0 Å². The first kappa shape index (κ1) is 12.5. The van der Waals surface area contributed by atoms with Gasteiger partial charge in [0.25, 0.3) is 0 Å². The Hall–Kier alpha value is -0.590. The zero-order valence-corrected chi connectivity index (χ0v) is 10.2. The minimum atomic E-state index is -0.455. The van der Waals surface area contributed by atoms with E-state index in [1.807, 2.05) is 7.05 Å². The van der Waals surface area contributed by atoms with Crippen LogP contribution in [-0.2, 0) is 4.74 Å². The predicted molar refractivity (Wildman–Crippen MR) is 60.4 cm³/mol. The van der Waals surface area contributed by atoms with Gasteiger partial charge in [0.2, 0.25) is 0 Å². The van der Waals surface area contributed by atoms with E-state index in [-0.39, 0.29) is 6.10 Å². The van der Waals surface area contributed by atoms with Crippen molar-refractivity contribution in [3.05, 3.63) is 0 Å². The molecule has 1 saturated carbocycles. The van der Waals surface area contributed by atoms with Crippen molar-refractivity contribution in [2.75, 3.05) is 13.7 Å². The first-order valence-corrected chi connectivity index (χ1v) is 5.77. The lowest BCUT2D eigenvalue weighted by atomic mass is 9.96. The van der Waals surface area contributed by atoms with Gasteiger partial charge in [0.05, 0.1) is 18.8 Å². The lowest BCUT2D eigenvalue weighted by Crippen LogP contribution is -2.49. The van der Waals surface area contributed by atoms with E-state index >= 15 is 0 Å². The minimum Gasteiger partial charge on any atom is -0.375 e. The van der Waals surface area contributed by atoms with Crippen LogP contribution < -0.4 is 5.32 Å². The highest BCUT2D eigenvalue weighted by atomic mass is 16.5. The van der Waals surface area contributed by atoms with Crippen molar-refractivity contribution in [2.45, 2.75) is 45.3 Å². The minimum absolute atomic E-state index is 0.213. The Morgan fingerprint density at radius 1 is 1.47 bits per heavy atom. The summed E-state index contributed by atoms with van der Waals surface area (Å²) in [4.78, 5) is 0. The molecule has 1 fully saturated rings. The molecule has 1 aliphatic carbocycles. The predicted octanol–water partition coefficient (Wildman–Crippen LogP) is 1.94. The summed E-state index contributed by atoms with van der Waals surface area (Å²) in [5.41, 5.74) is -0.455. The molecule has 15 heavy (non-hydrogen) atoms. The zero-order chi connectivity index (χ0) is 11.5. The third kappa shape index (κ3) is 2.93. The molecule has 0 bridgehead atoms. The van der Waals surface area contributed by atoms with Crippen LogP contribution in [0.15, 0.2) is 0 Å². The van der Waals surface area contributed by atoms with Gasteiger partial charge < -0.3 is 10.1 Å². The number of ether oxygens (including phenoxy) is 1. The zero-order valence-electron chi connectivity index (χ0n) is 10.2. The Morgan fingerprint density at radius 3 is 2.40 bits per heavy atom. The maximum absolute atomic E-state index is 9.25. The second-order valence-corrected chi connectivity index (χ2v) is 4.87. The fourth-order valence-electron chi connectivity index (χ4n) is 1.61. The van der Waals surface area contributed by atoms with Crippen LogP contribution in [-0.4, -0.2) is 25.3 Å². The lowest BCUT2D eigenvalue weighted by Gasteiger charge is -2.28. The van der Waals surface area contributed by atoms with Gasteiger partial charge in [-0.2, -0.15) is 5.26 Å². The van der Waals surface area contributed by atoms with E-state index in [4.69, 9.17) is 4.74 Å². The molecule has 0 saturated heterocycles. The normalized spacial score (nSPS) is 22.1. The molecule has 3 heteroatoms. The van der Waals surface area contributed by atoms with E-state index in [9.17, 15) is 5.26 Å². The van der Waals surface area contributed by atoms with Crippen molar-refractivity contribution in [3.63, 3.8) is 0 Å². The molecule has 0 aromatic heterocycles. The molecule has 3 nitrogen and oxygen atoms in total. The molecule has 2 atom stereocenters. The fourth-order valence-corrected chi connectivity index (χ4v) is 1.61. The second-order valence-electron chi connectivity index (χ2n) is 4.87. The number of nitrogens with one attached hydrogen (secondary N) is 1. The molecule has 1 aliphatic rings. The smallest absolute Gasteiger partial charge is 0.132 e. The Balaban J connectivity index is 2.49. The molecular formula is C12H22N2O. The molecule has 0 radical (unpaired) electrons. The molecule has 1 rings (SSSR count). The SMILES string of the molecule is CNC(C#N)(COC(C)C(C)C)C1CC1. The van der Waals surface area contributed by atoms with Crippen LogP contribution in [0.3, 0.4) is 0 Å². The van der Waals surface area contributed by atoms with Gasteiger partial charge in [-0.15, -0.1) is 0 Å². The molecule has 0 heterocycles. The van der Waals surface area contributed by atoms with Crippen LogP contribution in [0.4, 0.5) is 0 Å². The average molecular weight is 210 g/mol. The molecule has 0 aliphatic heterocycles. The summed E-state index contributed by atoms with van der Waals surface area (Å²) in [7, 11) is 1.85. The van der Waals surface area contributed by atoms with Crippen molar-refractivity contribution < 1.29 is 4.74 Å². The second kappa shape index (κ2) is 4.96. The van der Waals surface area contributed by atoms with Gasteiger partial charge >= 0.3 is 0 Å². The largest absolute Gasteiger partial charge is 0.375 e. The molecule has 86 valence electrons. The monoisotopic (exact) mass is 210 g/mol. The lowest BCUT2D eigenvalue weighted by molar-refractivity contribution is 0.00545. The molecule has 0 aromatic carbocycles. The first-order valence-electron chi connectivity index (χ1n) is 5.77. The van der Waals surface area contributed by atoms with Crippen LogP contribution >= 0.6 is 0 Å². The van der Waals surface area contributed by atoms with Crippen LogP contribution in [0.1, 0.15) is 33.6 Å². The highest BCUT2D eigenvalue weighted by Crippen LogP contribution is 2.39. The van der Waals surface area contributed by atoms with Crippen molar-refractivity contribution in [1.29, 1.82) is 5.26 Å². The molecule has 0 amide bonds. The standard InChI is InChI=1S/C12H22N2O/c1-9(2)10(3)15-8-12(7-13,14-4)11-5-6-11/h9-11,14H,5-6,8H2,1-4H3. The van der Waals surface area contributed by atoms with Crippen molar-refractivity contribution in [1.82, 2.24) is 5.32 Å². The summed E-state index contributed by atoms with van der Waals surface area (Å²) in [6.45, 7) is 6.84. The van der Waals surface area contributed by atoms with Crippen molar-refractivity contribution in [2.24, 2.45) is 11.8 Å². The first-order chi connectivity index (χ1) is 7.05. The number of nitrogens with zero attached hydrogens (tertiary/aromatic N) is 1. The summed E-state index contributed by atoms with van der Waals surface area (Å²) < 4.78 is 5.77. The van der Waals surface area contributed by atoms with Gasteiger partial charge in [0, 0.05) is 0 Å². The summed E-state index contributed by atoms with van der Waals surface area (Å²) >= 11 is 0. The van der Waals surface area contributed by atoms with E-state index in [0.717, 1.165) is 12.8 Å². The number of hydrogen-bond acceptors (Lipinski definition) is 3. The van der Waals surface area contributed by atoms with Crippen LogP contribution in [0.2, 0.25) is 0 Å². The van der Waals surface area contributed by atoms with Crippen molar-refractivity contribution >= 4 is 0 Å². The molecule has 2 unspecified atom stereocenters. The molecular weight excluding hydrogens is 188 g/mol. The number of hydrogen-bond donors (Lipinski definition) is 1. The fraction of sp³-hybridized carbons (Fsp3) is 0.917. The van der Waals surface area contributed by atoms with Crippen LogP contribution in [0, 0.1) is 23.2 Å². The summed E-state index contributed by atoms with van der Waals surface area (Å²) in [6.07, 6.45) is 2.51. The topological polar surface area (TPSA) is 45.0 Å².